The predicted octanol–water partition coefficient (Wildman–Crippen LogP) is 1.80. The highest BCUT2D eigenvalue weighted by Gasteiger charge is 2.02. The normalized spacial score (nSPS) is 29.2. The molecule has 0 radical (unpaired) electrons. The topological polar surface area (TPSA) is 17.8 Å². The smallest absolute Gasteiger partial charge is 0.127 e. The molecule has 0 unspecified atom stereocenters. The predicted molar refractivity (Wildman–Crippen MR) is 40.4 cm³/mol. The molecule has 0 aliphatic carbocycles. The first-order chi connectivity index (χ1) is 7.76. The Morgan fingerprint density at radius 2 is 2.56 bits per heavy atom. The second-order valence-corrected chi connectivity index (χ2v) is 2.16. The van der Waals surface area contributed by atoms with Gasteiger partial charge >= 0.3 is 0 Å². The molecule has 0 saturated carbocycles. The molecule has 1 heterocycles. The van der Waals surface area contributed by atoms with E-state index in [4.69, 9.17) is 12.3 Å². The van der Waals surface area contributed by atoms with E-state index in [1.165, 1.54) is 0 Å². The van der Waals surface area contributed by atoms with Gasteiger partial charge in [0.25, 0.3) is 0 Å². The lowest BCUT2D eigenvalue weighted by molar-refractivity contribution is 0.827. The Labute approximate surface area is 75.7 Å². The van der Waals surface area contributed by atoms with Crippen LogP contribution in [0.2, 0.25) is 0 Å². The minimum atomic E-state index is -2.94. The first-order valence-electron chi connectivity index (χ1n) is 6.56. The van der Waals surface area contributed by atoms with Gasteiger partial charge in [-0.25, -0.2) is 4.98 Å². The van der Waals surface area contributed by atoms with Gasteiger partial charge in [0, 0.05) is 25.0 Å². The Morgan fingerprint density at radius 1 is 1.67 bits per heavy atom. The molecule has 9 heavy (non-hydrogen) atoms. The van der Waals surface area contributed by atoms with Crippen molar-refractivity contribution < 1.29 is 12.3 Å². The zero-order valence-corrected chi connectivity index (χ0v) is 5.86. The van der Waals surface area contributed by atoms with Gasteiger partial charge in [0.1, 0.15) is 10.4 Å². The molecule has 0 atom stereocenters. The first kappa shape index (κ1) is 1.64. The fourth-order valence-corrected chi connectivity index (χ4v) is 0.739. The summed E-state index contributed by atoms with van der Waals surface area (Å²) in [6, 6.07) is 0. The van der Waals surface area contributed by atoms with Crippen LogP contribution in [0.5, 0.6) is 0 Å². The van der Waals surface area contributed by atoms with Gasteiger partial charge in [-0.3, -0.25) is 0 Å². The number of aryl methyl sites for hydroxylation is 1. The van der Waals surface area contributed by atoms with Crippen molar-refractivity contribution in [2.75, 3.05) is 0 Å². The Balaban J connectivity index is 3.70. The molecule has 0 saturated heterocycles. The van der Waals surface area contributed by atoms with Gasteiger partial charge in [0.05, 0.1) is 0 Å². The van der Waals surface area contributed by atoms with Gasteiger partial charge in [0.2, 0.25) is 0 Å². The van der Waals surface area contributed by atoms with Crippen molar-refractivity contribution in [3.63, 3.8) is 0 Å². The van der Waals surface area contributed by atoms with Crippen molar-refractivity contribution >= 4 is 15.9 Å². The lowest BCUT2D eigenvalue weighted by Crippen LogP contribution is -1.92. The third-order valence-electron chi connectivity index (χ3n) is 0.835. The van der Waals surface area contributed by atoms with Crippen LogP contribution in [0, 0.1) is 13.7 Å². The second-order valence-electron chi connectivity index (χ2n) is 1.41. The van der Waals surface area contributed by atoms with Crippen molar-refractivity contribution in [2.24, 2.45) is 6.98 Å². The van der Waals surface area contributed by atoms with Gasteiger partial charge in [-0.2, -0.15) is 0 Å². The Kier molecular flexibility index (Phi) is 0.390. The van der Waals surface area contributed by atoms with Crippen LogP contribution in [0.25, 0.3) is 0 Å². The van der Waals surface area contributed by atoms with Crippen molar-refractivity contribution in [2.45, 2.75) is 13.7 Å². The van der Waals surface area contributed by atoms with E-state index < -0.39 is 32.2 Å². The molecule has 2 nitrogen and oxygen atoms in total. The molecule has 0 bridgehead atoms. The van der Waals surface area contributed by atoms with Gasteiger partial charge in [-0.15, -0.1) is 0 Å². The summed E-state index contributed by atoms with van der Waals surface area (Å²) < 4.78 is 65.2. The third-order valence-corrected chi connectivity index (χ3v) is 1.39. The summed E-state index contributed by atoms with van der Waals surface area (Å²) in [7, 11) is 0. The number of imidazole rings is 1. The van der Waals surface area contributed by atoms with Crippen molar-refractivity contribution in [3.05, 3.63) is 16.1 Å². The quantitative estimate of drug-likeness (QED) is 0.621. The zero-order chi connectivity index (χ0) is 14.5. The average Bonchev–Trinajstić information content (AvgIpc) is 2.39. The molecule has 3 heteroatoms. The lowest BCUT2D eigenvalue weighted by Gasteiger charge is -1.94. The van der Waals surface area contributed by atoms with Crippen LogP contribution in [0.3, 0.4) is 0 Å². The molecule has 0 fully saturated rings. The number of hydrogen-bond acceptors (Lipinski definition) is 1. The van der Waals surface area contributed by atoms with E-state index in [0.717, 1.165) is 0 Å². The maximum absolute atomic E-state index is 7.26. The molecule has 0 aromatic carbocycles. The highest BCUT2D eigenvalue weighted by molar-refractivity contribution is 9.10. The molecular weight excluding hydrogens is 180 g/mol. The van der Waals surface area contributed by atoms with E-state index in [0.29, 0.717) is 0 Å². The number of rotatable bonds is 0. The minimum Gasteiger partial charge on any atom is -0.334 e. The summed E-state index contributed by atoms with van der Waals surface area (Å²) in [6.07, 6.45) is 0. The first-order valence-corrected chi connectivity index (χ1v) is 2.85. The molecular formula is C6H9BrN2. The van der Waals surface area contributed by atoms with Crippen LogP contribution in [-0.2, 0) is 6.98 Å². The molecule has 0 amide bonds. The molecule has 0 N–H and O–H groups in total. The molecule has 50 valence electrons. The van der Waals surface area contributed by atoms with E-state index in [1.54, 1.807) is 0 Å². The van der Waals surface area contributed by atoms with Gasteiger partial charge < -0.3 is 4.57 Å². The average molecular weight is 198 g/mol. The summed E-state index contributed by atoms with van der Waals surface area (Å²) >= 11 is 2.80. The molecule has 1 rings (SSSR count). The van der Waals surface area contributed by atoms with E-state index in [1.807, 2.05) is 0 Å². The fraction of sp³-hybridized carbons (Fsp3) is 0.500. The van der Waals surface area contributed by atoms with E-state index in [2.05, 4.69) is 20.9 Å². The molecule has 1 aromatic rings. The monoisotopic (exact) mass is 197 g/mol. The van der Waals surface area contributed by atoms with Crippen LogP contribution in [0.15, 0.2) is 4.60 Å². The van der Waals surface area contributed by atoms with Crippen LogP contribution < -0.4 is 0 Å². The minimum absolute atomic E-state index is 0.275. The van der Waals surface area contributed by atoms with Crippen molar-refractivity contribution in [1.29, 1.82) is 0 Å². The van der Waals surface area contributed by atoms with Crippen LogP contribution >= 0.6 is 15.9 Å². The summed E-state index contributed by atoms with van der Waals surface area (Å²) in [5.74, 6) is -0.777. The van der Waals surface area contributed by atoms with E-state index in [-0.39, 0.29) is 9.17 Å². The molecule has 0 aliphatic heterocycles. The number of hydrogen-bond donors (Lipinski definition) is 0. The summed E-state index contributed by atoms with van der Waals surface area (Å²) in [5, 5.41) is 0. The number of nitrogens with zero attached hydrogens (tertiary/aromatic N) is 2. The number of halogens is 1. The lowest BCUT2D eigenvalue weighted by atomic mass is 10.5. The second kappa shape index (κ2) is 2.14. The van der Waals surface area contributed by atoms with Crippen molar-refractivity contribution in [1.82, 2.24) is 9.55 Å². The fourth-order valence-electron chi connectivity index (χ4n) is 0.394. The Bertz CT molecular complexity index is 451. The van der Waals surface area contributed by atoms with Crippen LogP contribution in [0.1, 0.15) is 23.9 Å². The molecule has 0 aliphatic rings. The van der Waals surface area contributed by atoms with Gasteiger partial charge in [-0.1, -0.05) is 0 Å². The maximum atomic E-state index is 7.26. The van der Waals surface area contributed by atoms with Crippen molar-refractivity contribution in [3.8, 4) is 0 Å². The highest BCUT2D eigenvalue weighted by atomic mass is 79.9. The maximum Gasteiger partial charge on any atom is 0.127 e. The van der Waals surface area contributed by atoms with Crippen LogP contribution in [-0.4, -0.2) is 9.55 Å². The standard InChI is InChI=1S/C6H9BrN2/c1-4-6(7)8-5(2)9(4)3/h1-3H3/i1D3,2D3,3D3. The number of aromatic nitrogens is 2. The Morgan fingerprint density at radius 3 is 3.11 bits per heavy atom. The van der Waals surface area contributed by atoms with Crippen LogP contribution in [0.4, 0.5) is 0 Å². The largest absolute Gasteiger partial charge is 0.334 e. The summed E-state index contributed by atoms with van der Waals surface area (Å²) in [4.78, 5) is 3.51. The van der Waals surface area contributed by atoms with E-state index >= 15 is 0 Å². The summed E-state index contributed by atoms with van der Waals surface area (Å²) in [6.45, 7) is -8.54. The van der Waals surface area contributed by atoms with E-state index in [9.17, 15) is 0 Å². The zero-order valence-electron chi connectivity index (χ0n) is 13.3. The molecule has 1 aromatic heterocycles. The molecule has 0 spiro atoms. The summed E-state index contributed by atoms with van der Waals surface area (Å²) in [5.41, 5.74) is -0.645. The van der Waals surface area contributed by atoms with Gasteiger partial charge in [0.15, 0.2) is 0 Å². The third kappa shape index (κ3) is 1.01. The Hall–Kier alpha value is -0.310. The van der Waals surface area contributed by atoms with Gasteiger partial charge in [-0.05, 0) is 29.6 Å². The highest BCUT2D eigenvalue weighted by Crippen LogP contribution is 2.13. The SMILES string of the molecule is [2H]C([2H])([2H])c1nc(Br)c(C([2H])([2H])[2H])n1C([2H])([2H])[2H].